The van der Waals surface area contributed by atoms with Gasteiger partial charge < -0.3 is 5.32 Å². The number of benzene rings is 2. The van der Waals surface area contributed by atoms with Crippen molar-refractivity contribution in [2.75, 3.05) is 5.32 Å². The van der Waals surface area contributed by atoms with E-state index in [2.05, 4.69) is 46.7 Å². The minimum absolute atomic E-state index is 0.00231. The molecule has 130 valence electrons. The third kappa shape index (κ3) is 3.87. The van der Waals surface area contributed by atoms with E-state index < -0.39 is 0 Å². The molecule has 0 fully saturated rings. The molecule has 0 radical (unpaired) electrons. The van der Waals surface area contributed by atoms with E-state index in [1.807, 2.05) is 26.0 Å². The number of hydrogen-bond donors (Lipinski definition) is 1. The lowest BCUT2D eigenvalue weighted by atomic mass is 10.1. The molecule has 3 aromatic rings. The molecule has 5 nitrogen and oxygen atoms in total. The Kier molecular flexibility index (Phi) is 5.12. The van der Waals surface area contributed by atoms with Crippen LogP contribution >= 0.6 is 0 Å². The molecule has 0 aliphatic heterocycles. The predicted molar refractivity (Wildman–Crippen MR) is 101 cm³/mol. The molecule has 1 amide bonds. The Morgan fingerprint density at radius 2 is 1.76 bits per heavy atom. The Morgan fingerprint density at radius 3 is 2.40 bits per heavy atom. The fourth-order valence-corrected chi connectivity index (χ4v) is 2.73. The van der Waals surface area contributed by atoms with E-state index in [4.69, 9.17) is 0 Å². The molecule has 25 heavy (non-hydrogen) atoms. The summed E-state index contributed by atoms with van der Waals surface area (Å²) in [5.41, 5.74) is 5.64. The maximum atomic E-state index is 11.7. The van der Waals surface area contributed by atoms with Gasteiger partial charge in [-0.3, -0.25) is 4.79 Å². The number of aromatic nitrogens is 3. The van der Waals surface area contributed by atoms with Crippen molar-refractivity contribution in [3.05, 3.63) is 47.5 Å². The third-order valence-corrected chi connectivity index (χ3v) is 4.31. The highest BCUT2D eigenvalue weighted by Gasteiger charge is 2.10. The summed E-state index contributed by atoms with van der Waals surface area (Å²) in [6, 6.07) is 12.2. The molecule has 0 unspecified atom stereocenters. The first-order valence-electron chi connectivity index (χ1n) is 8.87. The summed E-state index contributed by atoms with van der Waals surface area (Å²) in [7, 11) is 0. The van der Waals surface area contributed by atoms with Gasteiger partial charge in [-0.1, -0.05) is 32.4 Å². The van der Waals surface area contributed by atoms with Crippen LogP contribution in [0.25, 0.3) is 16.7 Å². The van der Waals surface area contributed by atoms with Crippen molar-refractivity contribution in [1.29, 1.82) is 0 Å². The zero-order valence-corrected chi connectivity index (χ0v) is 15.0. The van der Waals surface area contributed by atoms with E-state index in [9.17, 15) is 4.79 Å². The molecule has 1 N–H and O–H groups in total. The minimum Gasteiger partial charge on any atom is -0.326 e. The van der Waals surface area contributed by atoms with Crippen LogP contribution in [0.5, 0.6) is 0 Å². The van der Waals surface area contributed by atoms with Gasteiger partial charge >= 0.3 is 0 Å². The number of nitrogens with one attached hydrogen (secondary N) is 1. The summed E-state index contributed by atoms with van der Waals surface area (Å²) < 4.78 is 0. The van der Waals surface area contributed by atoms with Gasteiger partial charge in [0.1, 0.15) is 11.0 Å². The Balaban J connectivity index is 1.89. The van der Waals surface area contributed by atoms with Gasteiger partial charge in [-0.15, -0.1) is 10.2 Å². The maximum absolute atomic E-state index is 11.7. The summed E-state index contributed by atoms with van der Waals surface area (Å²) in [4.78, 5) is 13.3. The van der Waals surface area contributed by atoms with Crippen molar-refractivity contribution >= 4 is 22.6 Å². The number of fused-ring (bicyclic) bond motifs is 1. The topological polar surface area (TPSA) is 59.8 Å². The van der Waals surface area contributed by atoms with Crippen LogP contribution in [0.15, 0.2) is 36.4 Å². The number of carbonyl (C=O) groups excluding carboxylic acids is 1. The van der Waals surface area contributed by atoms with Gasteiger partial charge in [0, 0.05) is 12.1 Å². The van der Waals surface area contributed by atoms with E-state index in [1.165, 1.54) is 18.4 Å². The van der Waals surface area contributed by atoms with E-state index in [1.54, 1.807) is 4.80 Å². The molecule has 2 aromatic carbocycles. The molecule has 0 atom stereocenters. The van der Waals surface area contributed by atoms with Gasteiger partial charge in [-0.05, 0) is 55.2 Å². The number of nitrogens with zero attached hydrogens (tertiary/aromatic N) is 3. The summed E-state index contributed by atoms with van der Waals surface area (Å²) in [6.45, 7) is 6.00. The second-order valence-corrected chi connectivity index (χ2v) is 6.32. The van der Waals surface area contributed by atoms with E-state index >= 15 is 0 Å². The van der Waals surface area contributed by atoms with Crippen molar-refractivity contribution in [2.45, 2.75) is 46.5 Å². The van der Waals surface area contributed by atoms with Crippen molar-refractivity contribution in [2.24, 2.45) is 0 Å². The van der Waals surface area contributed by atoms with E-state index in [0.29, 0.717) is 6.42 Å². The number of carbonyl (C=O) groups is 1. The molecule has 0 spiro atoms. The van der Waals surface area contributed by atoms with Gasteiger partial charge in [0.2, 0.25) is 5.91 Å². The van der Waals surface area contributed by atoms with E-state index in [0.717, 1.165) is 34.4 Å². The zero-order valence-electron chi connectivity index (χ0n) is 15.0. The summed E-state index contributed by atoms with van der Waals surface area (Å²) in [5, 5.41) is 12.0. The Labute approximate surface area is 148 Å². The highest BCUT2D eigenvalue weighted by molar-refractivity contribution is 5.93. The number of aryl methyl sites for hydroxylation is 2. The molecule has 0 bridgehead atoms. The molecule has 0 saturated carbocycles. The number of unbranched alkanes of at least 4 members (excludes halogenated alkanes) is 1. The standard InChI is InChI=1S/C20H24N4O/c1-4-6-7-15-8-10-16(11-9-15)24-22-18-12-14(3)17(13-19(18)23-24)21-20(25)5-2/h8-13H,4-7H2,1-3H3,(H,21,25). The van der Waals surface area contributed by atoms with Crippen LogP contribution in [0, 0.1) is 6.92 Å². The largest absolute Gasteiger partial charge is 0.326 e. The lowest BCUT2D eigenvalue weighted by Gasteiger charge is -2.06. The average molecular weight is 336 g/mol. The predicted octanol–water partition coefficient (Wildman–Crippen LogP) is 4.42. The van der Waals surface area contributed by atoms with Crippen LogP contribution < -0.4 is 5.32 Å². The summed E-state index contributed by atoms with van der Waals surface area (Å²) in [5.74, 6) is -0.00231. The Hall–Kier alpha value is -2.69. The third-order valence-electron chi connectivity index (χ3n) is 4.31. The van der Waals surface area contributed by atoms with Crippen LogP contribution in [-0.2, 0) is 11.2 Å². The lowest BCUT2D eigenvalue weighted by molar-refractivity contribution is -0.115. The van der Waals surface area contributed by atoms with Crippen LogP contribution in [0.1, 0.15) is 44.2 Å². The SMILES string of the molecule is CCCCc1ccc(-n2nc3cc(C)c(NC(=O)CC)cc3n2)cc1. The van der Waals surface area contributed by atoms with Gasteiger partial charge in [0.25, 0.3) is 0 Å². The zero-order chi connectivity index (χ0) is 17.8. The number of anilines is 1. The van der Waals surface area contributed by atoms with Gasteiger partial charge in [0.15, 0.2) is 0 Å². The molecule has 0 saturated heterocycles. The monoisotopic (exact) mass is 336 g/mol. The Bertz CT molecular complexity index is 881. The molecule has 5 heteroatoms. The molecule has 3 rings (SSSR count). The summed E-state index contributed by atoms with van der Waals surface area (Å²) in [6.07, 6.45) is 3.96. The van der Waals surface area contributed by atoms with Crippen molar-refractivity contribution < 1.29 is 4.79 Å². The second-order valence-electron chi connectivity index (χ2n) is 6.32. The fourth-order valence-electron chi connectivity index (χ4n) is 2.73. The molecule has 0 aliphatic rings. The quantitative estimate of drug-likeness (QED) is 0.725. The lowest BCUT2D eigenvalue weighted by Crippen LogP contribution is -2.10. The maximum Gasteiger partial charge on any atom is 0.224 e. The molecule has 1 aromatic heterocycles. The van der Waals surface area contributed by atoms with Crippen LogP contribution in [-0.4, -0.2) is 20.9 Å². The Morgan fingerprint density at radius 1 is 1.08 bits per heavy atom. The minimum atomic E-state index is -0.00231. The van der Waals surface area contributed by atoms with Crippen molar-refractivity contribution in [3.8, 4) is 5.69 Å². The van der Waals surface area contributed by atoms with Crippen molar-refractivity contribution in [3.63, 3.8) is 0 Å². The molecular weight excluding hydrogens is 312 g/mol. The molecule has 1 heterocycles. The normalized spacial score (nSPS) is 11.0. The van der Waals surface area contributed by atoms with Crippen LogP contribution in [0.2, 0.25) is 0 Å². The summed E-state index contributed by atoms with van der Waals surface area (Å²) >= 11 is 0. The first-order chi connectivity index (χ1) is 12.1. The first kappa shape index (κ1) is 17.1. The van der Waals surface area contributed by atoms with Crippen molar-refractivity contribution in [1.82, 2.24) is 15.0 Å². The number of amides is 1. The van der Waals surface area contributed by atoms with Gasteiger partial charge in [0.05, 0.1) is 5.69 Å². The number of rotatable bonds is 6. The van der Waals surface area contributed by atoms with E-state index in [-0.39, 0.29) is 5.91 Å². The molecule has 0 aliphatic carbocycles. The van der Waals surface area contributed by atoms with Gasteiger partial charge in [-0.25, -0.2) is 0 Å². The number of hydrogen-bond acceptors (Lipinski definition) is 3. The molecular formula is C20H24N4O. The van der Waals surface area contributed by atoms with Crippen LogP contribution in [0.3, 0.4) is 0 Å². The van der Waals surface area contributed by atoms with Crippen LogP contribution in [0.4, 0.5) is 5.69 Å². The highest BCUT2D eigenvalue weighted by Crippen LogP contribution is 2.22. The average Bonchev–Trinajstić information content (AvgIpc) is 3.03. The van der Waals surface area contributed by atoms with Gasteiger partial charge in [-0.2, -0.15) is 4.80 Å². The highest BCUT2D eigenvalue weighted by atomic mass is 16.1. The first-order valence-corrected chi connectivity index (χ1v) is 8.87. The smallest absolute Gasteiger partial charge is 0.224 e. The second kappa shape index (κ2) is 7.47. The fraction of sp³-hybridized carbons (Fsp3) is 0.350.